The van der Waals surface area contributed by atoms with Gasteiger partial charge >= 0.3 is 0 Å². The maximum Gasteiger partial charge on any atom is 0.251 e. The molecule has 1 fully saturated rings. The van der Waals surface area contributed by atoms with Crippen molar-refractivity contribution in [2.24, 2.45) is 11.1 Å². The third-order valence-electron chi connectivity index (χ3n) is 6.40. The molecule has 1 saturated heterocycles. The van der Waals surface area contributed by atoms with Gasteiger partial charge in [-0.05, 0) is 49.7 Å². The number of amides is 1. The number of carbonyl (C=O) groups excluding carboxylic acids is 1. The summed E-state index contributed by atoms with van der Waals surface area (Å²) in [6.07, 6.45) is 1.74. The van der Waals surface area contributed by atoms with Crippen molar-refractivity contribution in [3.05, 3.63) is 59.3 Å². The van der Waals surface area contributed by atoms with Gasteiger partial charge in [0, 0.05) is 23.0 Å². The summed E-state index contributed by atoms with van der Waals surface area (Å²) in [4.78, 5) is 16.8. The number of nitrogens with zero attached hydrogens (tertiary/aromatic N) is 2. The maximum atomic E-state index is 14.9. The molecule has 0 aliphatic carbocycles. The number of nitrogens with one attached hydrogen (secondary N) is 1. The predicted molar refractivity (Wildman–Crippen MR) is 137 cm³/mol. The zero-order valence-electron chi connectivity index (χ0n) is 20.4. The molecule has 3 aromatic heterocycles. The molecule has 4 aromatic rings. The lowest BCUT2D eigenvalue weighted by Gasteiger charge is -2.38. The molecule has 8 nitrogen and oxygen atoms in total. The second-order valence-electron chi connectivity index (χ2n) is 10.2. The molecule has 1 amide bonds. The Morgan fingerprint density at radius 1 is 1.27 bits per heavy atom. The maximum absolute atomic E-state index is 14.9. The van der Waals surface area contributed by atoms with Crippen LogP contribution < -0.4 is 11.1 Å². The number of aliphatic hydroxyl groups is 1. The predicted octanol–water partition coefficient (Wildman–Crippen LogP) is 4.86. The Morgan fingerprint density at radius 2 is 1.95 bits per heavy atom. The zero-order chi connectivity index (χ0) is 26.7. The van der Waals surface area contributed by atoms with Crippen LogP contribution in [-0.2, 0) is 16.9 Å². The van der Waals surface area contributed by atoms with E-state index < -0.39 is 23.1 Å². The summed E-state index contributed by atoms with van der Waals surface area (Å²) in [5.74, 6) is -2.07. The monoisotopic (exact) mass is 528 g/mol. The average molecular weight is 529 g/mol. The van der Waals surface area contributed by atoms with Gasteiger partial charge in [0.2, 0.25) is 5.88 Å². The summed E-state index contributed by atoms with van der Waals surface area (Å²) in [5.41, 5.74) is 4.39. The lowest BCUT2D eigenvalue weighted by molar-refractivity contribution is -0.110. The Hall–Kier alpha value is -3.54. The summed E-state index contributed by atoms with van der Waals surface area (Å²) in [6, 6.07) is 6.78. The molecule has 1 aliphatic heterocycles. The van der Waals surface area contributed by atoms with E-state index in [0.29, 0.717) is 36.5 Å². The zero-order valence-corrected chi connectivity index (χ0v) is 21.2. The second kappa shape index (κ2) is 8.79. The van der Waals surface area contributed by atoms with Crippen molar-refractivity contribution in [1.29, 1.82) is 0 Å². The molecule has 194 valence electrons. The van der Waals surface area contributed by atoms with E-state index in [1.165, 1.54) is 19.9 Å². The standard InChI is InChI=1S/C26H26F2N4O4S/c1-25(2,35)13-6-16(27)21(17(28)7-13)19-8-15(22(29)33)23(37-19)31-20-5-4-14-18(30-20)9-32(24(14)34)10-26(3)11-36-12-26/h4-9,34-35H,10-12H2,1-3H3,(H2,29,33)(H,30,31). The van der Waals surface area contributed by atoms with Crippen molar-refractivity contribution in [2.75, 3.05) is 18.5 Å². The number of carbonyl (C=O) groups is 1. The van der Waals surface area contributed by atoms with Gasteiger partial charge in [0.25, 0.3) is 5.91 Å². The summed E-state index contributed by atoms with van der Waals surface area (Å²) in [5, 5.41) is 24.6. The number of rotatable bonds is 7. The fraction of sp³-hybridized carbons (Fsp3) is 0.308. The molecule has 0 radical (unpaired) electrons. The summed E-state index contributed by atoms with van der Waals surface area (Å²) >= 11 is 0.947. The highest BCUT2D eigenvalue weighted by Crippen LogP contribution is 2.41. The first-order valence-electron chi connectivity index (χ1n) is 11.5. The minimum Gasteiger partial charge on any atom is -0.494 e. The highest BCUT2D eigenvalue weighted by molar-refractivity contribution is 7.20. The number of hydrogen-bond acceptors (Lipinski definition) is 7. The first-order chi connectivity index (χ1) is 17.3. The van der Waals surface area contributed by atoms with Crippen LogP contribution in [0.3, 0.4) is 0 Å². The van der Waals surface area contributed by atoms with Crippen LogP contribution in [0.1, 0.15) is 36.7 Å². The van der Waals surface area contributed by atoms with E-state index in [2.05, 4.69) is 17.2 Å². The van der Waals surface area contributed by atoms with Gasteiger partial charge in [0.05, 0.1) is 40.8 Å². The van der Waals surface area contributed by atoms with E-state index in [0.717, 1.165) is 23.5 Å². The molecule has 11 heteroatoms. The molecule has 0 atom stereocenters. The lowest BCUT2D eigenvalue weighted by atomic mass is 9.89. The van der Waals surface area contributed by atoms with Crippen molar-refractivity contribution in [1.82, 2.24) is 9.55 Å². The number of aromatic hydroxyl groups is 1. The van der Waals surface area contributed by atoms with E-state index in [1.54, 1.807) is 22.9 Å². The Balaban J connectivity index is 1.48. The molecule has 0 unspecified atom stereocenters. The van der Waals surface area contributed by atoms with Gasteiger partial charge < -0.3 is 30.6 Å². The van der Waals surface area contributed by atoms with Crippen LogP contribution in [0.25, 0.3) is 21.3 Å². The number of halogens is 2. The number of ether oxygens (including phenoxy) is 1. The average Bonchev–Trinajstić information content (AvgIpc) is 3.32. The van der Waals surface area contributed by atoms with Crippen molar-refractivity contribution >= 4 is 39.0 Å². The summed E-state index contributed by atoms with van der Waals surface area (Å²) < 4.78 is 36.9. The van der Waals surface area contributed by atoms with Crippen molar-refractivity contribution < 1.29 is 28.5 Å². The smallest absolute Gasteiger partial charge is 0.251 e. The topological polar surface area (TPSA) is 123 Å². The third-order valence-corrected chi connectivity index (χ3v) is 7.47. The van der Waals surface area contributed by atoms with Gasteiger partial charge in [-0.15, -0.1) is 11.3 Å². The van der Waals surface area contributed by atoms with Gasteiger partial charge in [-0.2, -0.15) is 0 Å². The first kappa shape index (κ1) is 25.1. The van der Waals surface area contributed by atoms with Crippen molar-refractivity contribution in [3.63, 3.8) is 0 Å². The molecule has 37 heavy (non-hydrogen) atoms. The van der Waals surface area contributed by atoms with Gasteiger partial charge in [0.1, 0.15) is 22.5 Å². The first-order valence-corrected chi connectivity index (χ1v) is 12.4. The fourth-order valence-corrected chi connectivity index (χ4v) is 5.46. The van der Waals surface area contributed by atoms with E-state index in [9.17, 15) is 23.8 Å². The Morgan fingerprint density at radius 3 is 2.51 bits per heavy atom. The molecule has 0 bridgehead atoms. The molecule has 1 aliphatic rings. The fourth-order valence-electron chi connectivity index (χ4n) is 4.34. The summed E-state index contributed by atoms with van der Waals surface area (Å²) in [6.45, 7) is 6.73. The quantitative estimate of drug-likeness (QED) is 0.272. The number of aromatic nitrogens is 2. The highest BCUT2D eigenvalue weighted by atomic mass is 32.1. The van der Waals surface area contributed by atoms with Crippen LogP contribution in [0.5, 0.6) is 5.88 Å². The van der Waals surface area contributed by atoms with Gasteiger partial charge in [-0.25, -0.2) is 13.8 Å². The van der Waals surface area contributed by atoms with E-state index in [1.807, 2.05) is 0 Å². The number of benzene rings is 1. The highest BCUT2D eigenvalue weighted by Gasteiger charge is 2.34. The Kier molecular flexibility index (Phi) is 5.97. The molecular formula is C26H26F2N4O4S. The molecule has 0 saturated carbocycles. The Bertz CT molecular complexity index is 1510. The van der Waals surface area contributed by atoms with Crippen LogP contribution in [0.15, 0.2) is 36.5 Å². The van der Waals surface area contributed by atoms with E-state index >= 15 is 0 Å². The summed E-state index contributed by atoms with van der Waals surface area (Å²) in [7, 11) is 0. The number of hydrogen-bond donors (Lipinski definition) is 4. The van der Waals surface area contributed by atoms with E-state index in [4.69, 9.17) is 10.5 Å². The largest absolute Gasteiger partial charge is 0.494 e. The van der Waals surface area contributed by atoms with Crippen LogP contribution in [0, 0.1) is 17.0 Å². The minimum absolute atomic E-state index is 0.0468. The van der Waals surface area contributed by atoms with Crippen LogP contribution >= 0.6 is 11.3 Å². The third kappa shape index (κ3) is 4.65. The minimum atomic E-state index is -1.43. The number of nitrogens with two attached hydrogens (primary N) is 1. The van der Waals surface area contributed by atoms with Gasteiger partial charge in [0.15, 0.2) is 0 Å². The molecule has 1 aromatic carbocycles. The molecule has 5 rings (SSSR count). The number of fused-ring (bicyclic) bond motifs is 1. The van der Waals surface area contributed by atoms with Crippen molar-refractivity contribution in [2.45, 2.75) is 32.9 Å². The number of pyridine rings is 1. The second-order valence-corrected chi connectivity index (χ2v) is 11.3. The van der Waals surface area contributed by atoms with Crippen molar-refractivity contribution in [3.8, 4) is 16.3 Å². The molecule has 5 N–H and O–H groups in total. The number of primary amides is 1. The molecule has 0 spiro atoms. The lowest BCUT2D eigenvalue weighted by Crippen LogP contribution is -2.42. The SMILES string of the molecule is CC1(Cn2cc3nc(Nc4sc(-c5c(F)cc(C(C)(C)O)cc5F)cc4C(N)=O)ccc3c2O)COC1. The van der Waals surface area contributed by atoms with Gasteiger partial charge in [-0.1, -0.05) is 6.92 Å². The van der Waals surface area contributed by atoms with Gasteiger partial charge in [-0.3, -0.25) is 4.79 Å². The Labute approximate surface area is 215 Å². The molecule has 4 heterocycles. The van der Waals surface area contributed by atoms with Crippen LogP contribution in [0.4, 0.5) is 19.6 Å². The van der Waals surface area contributed by atoms with Crippen LogP contribution in [-0.4, -0.2) is 38.9 Å². The number of anilines is 2. The number of thiophene rings is 1. The van der Waals surface area contributed by atoms with E-state index in [-0.39, 0.29) is 37.9 Å². The van der Waals surface area contributed by atoms with Crippen LogP contribution in [0.2, 0.25) is 0 Å². The normalized spacial score (nSPS) is 15.1. The molecular weight excluding hydrogens is 502 g/mol.